The van der Waals surface area contributed by atoms with Gasteiger partial charge in [-0.25, -0.2) is 0 Å². The van der Waals surface area contributed by atoms with Crippen LogP contribution in [0.1, 0.15) is 41.4 Å². The predicted octanol–water partition coefficient (Wildman–Crippen LogP) is 2.29. The topological polar surface area (TPSA) is 66.4 Å². The van der Waals surface area contributed by atoms with Crippen molar-refractivity contribution < 1.29 is 14.7 Å². The van der Waals surface area contributed by atoms with Crippen molar-refractivity contribution in [3.63, 3.8) is 0 Å². The standard InChI is InChI=1S/C13H17NO3S/c1-2-8-5-6-18-11(8)12(15)14-10-4-3-9(7-10)13(16)17/h5-6,9-10H,2-4,7H2,1H3,(H,14,15)(H,16,17)/t9-,10+/m0/s1. The molecule has 1 heterocycles. The summed E-state index contributed by atoms with van der Waals surface area (Å²) >= 11 is 1.44. The van der Waals surface area contributed by atoms with E-state index in [-0.39, 0.29) is 17.9 Å². The average molecular weight is 267 g/mol. The second kappa shape index (κ2) is 5.52. The van der Waals surface area contributed by atoms with E-state index in [0.29, 0.717) is 12.8 Å². The molecule has 0 unspecified atom stereocenters. The summed E-state index contributed by atoms with van der Waals surface area (Å²) in [7, 11) is 0. The predicted molar refractivity (Wildman–Crippen MR) is 69.9 cm³/mol. The van der Waals surface area contributed by atoms with E-state index in [1.54, 1.807) is 0 Å². The monoisotopic (exact) mass is 267 g/mol. The number of rotatable bonds is 4. The average Bonchev–Trinajstić information content (AvgIpc) is 2.96. The number of carbonyl (C=O) groups excluding carboxylic acids is 1. The lowest BCUT2D eigenvalue weighted by Crippen LogP contribution is -2.33. The molecule has 0 aromatic carbocycles. The van der Waals surface area contributed by atoms with E-state index in [9.17, 15) is 9.59 Å². The van der Waals surface area contributed by atoms with E-state index in [0.717, 1.165) is 23.3 Å². The number of thiophene rings is 1. The Bertz CT molecular complexity index is 455. The van der Waals surface area contributed by atoms with Crippen LogP contribution in [0.4, 0.5) is 0 Å². The zero-order valence-corrected chi connectivity index (χ0v) is 11.1. The summed E-state index contributed by atoms with van der Waals surface area (Å²) in [5.41, 5.74) is 1.06. The third kappa shape index (κ3) is 2.72. The number of nitrogens with one attached hydrogen (secondary N) is 1. The summed E-state index contributed by atoms with van der Waals surface area (Å²) in [6.07, 6.45) is 2.81. The van der Waals surface area contributed by atoms with Crippen molar-refractivity contribution in [1.82, 2.24) is 5.32 Å². The van der Waals surface area contributed by atoms with Gasteiger partial charge in [0.2, 0.25) is 0 Å². The Morgan fingerprint density at radius 3 is 2.89 bits per heavy atom. The highest BCUT2D eigenvalue weighted by Crippen LogP contribution is 2.26. The molecular weight excluding hydrogens is 250 g/mol. The molecule has 18 heavy (non-hydrogen) atoms. The Balaban J connectivity index is 1.95. The zero-order chi connectivity index (χ0) is 13.1. The summed E-state index contributed by atoms with van der Waals surface area (Å²) in [5.74, 6) is -1.11. The molecule has 2 N–H and O–H groups in total. The normalized spacial score (nSPS) is 22.9. The second-order valence-corrected chi connectivity index (χ2v) is 5.56. The molecule has 2 atom stereocenters. The number of carboxylic acid groups (broad SMARTS) is 1. The van der Waals surface area contributed by atoms with E-state index < -0.39 is 5.97 Å². The van der Waals surface area contributed by atoms with Crippen LogP contribution in [0.3, 0.4) is 0 Å². The molecule has 98 valence electrons. The number of carbonyl (C=O) groups is 2. The molecule has 1 aromatic heterocycles. The van der Waals surface area contributed by atoms with Crippen molar-refractivity contribution in [3.05, 3.63) is 21.9 Å². The van der Waals surface area contributed by atoms with Crippen LogP contribution in [0.25, 0.3) is 0 Å². The fourth-order valence-electron chi connectivity index (χ4n) is 2.40. The Morgan fingerprint density at radius 1 is 1.50 bits per heavy atom. The van der Waals surface area contributed by atoms with Crippen molar-refractivity contribution in [2.75, 3.05) is 0 Å². The summed E-state index contributed by atoms with van der Waals surface area (Å²) in [6, 6.07) is 1.97. The van der Waals surface area contributed by atoms with Crippen LogP contribution < -0.4 is 5.32 Å². The number of amides is 1. The minimum absolute atomic E-state index is 0.00501. The van der Waals surface area contributed by atoms with Crippen LogP contribution in [0.5, 0.6) is 0 Å². The number of aliphatic carboxylic acids is 1. The number of carboxylic acids is 1. The molecule has 0 aliphatic heterocycles. The van der Waals surface area contributed by atoms with Crippen LogP contribution in [-0.4, -0.2) is 23.0 Å². The summed E-state index contributed by atoms with van der Waals surface area (Å²) in [6.45, 7) is 2.02. The highest BCUT2D eigenvalue weighted by Gasteiger charge is 2.31. The summed E-state index contributed by atoms with van der Waals surface area (Å²) in [5, 5.41) is 13.8. The van der Waals surface area contributed by atoms with E-state index in [1.807, 2.05) is 18.4 Å². The van der Waals surface area contributed by atoms with Crippen molar-refractivity contribution in [2.45, 2.75) is 38.6 Å². The first-order chi connectivity index (χ1) is 8.61. The van der Waals surface area contributed by atoms with Gasteiger partial charge in [-0.15, -0.1) is 11.3 Å². The maximum atomic E-state index is 12.1. The minimum Gasteiger partial charge on any atom is -0.481 e. The highest BCUT2D eigenvalue weighted by molar-refractivity contribution is 7.12. The Morgan fingerprint density at radius 2 is 2.28 bits per heavy atom. The van der Waals surface area contributed by atoms with E-state index >= 15 is 0 Å². The molecule has 1 amide bonds. The second-order valence-electron chi connectivity index (χ2n) is 4.65. The van der Waals surface area contributed by atoms with Crippen LogP contribution in [0, 0.1) is 5.92 Å². The third-order valence-corrected chi connectivity index (χ3v) is 4.41. The van der Waals surface area contributed by atoms with Gasteiger partial charge in [-0.3, -0.25) is 9.59 Å². The van der Waals surface area contributed by atoms with Gasteiger partial charge in [0.1, 0.15) is 0 Å². The van der Waals surface area contributed by atoms with Crippen molar-refractivity contribution in [1.29, 1.82) is 0 Å². The highest BCUT2D eigenvalue weighted by atomic mass is 32.1. The largest absolute Gasteiger partial charge is 0.481 e. The number of hydrogen-bond donors (Lipinski definition) is 2. The third-order valence-electron chi connectivity index (χ3n) is 3.45. The number of hydrogen-bond acceptors (Lipinski definition) is 3. The SMILES string of the molecule is CCc1ccsc1C(=O)N[C@@H]1CC[C@H](C(=O)O)C1. The first-order valence-electron chi connectivity index (χ1n) is 6.21. The molecule has 1 aliphatic carbocycles. The van der Waals surface area contributed by atoms with Gasteiger partial charge < -0.3 is 10.4 Å². The van der Waals surface area contributed by atoms with E-state index in [4.69, 9.17) is 5.11 Å². The van der Waals surface area contributed by atoms with Crippen molar-refractivity contribution in [2.24, 2.45) is 5.92 Å². The van der Waals surface area contributed by atoms with Gasteiger partial charge in [-0.05, 0) is 42.7 Å². The smallest absolute Gasteiger partial charge is 0.306 e. The van der Waals surface area contributed by atoms with Gasteiger partial charge in [0.05, 0.1) is 10.8 Å². The van der Waals surface area contributed by atoms with E-state index in [2.05, 4.69) is 5.32 Å². The molecule has 1 fully saturated rings. The molecule has 4 nitrogen and oxygen atoms in total. The Hall–Kier alpha value is -1.36. The lowest BCUT2D eigenvalue weighted by Gasteiger charge is -2.12. The van der Waals surface area contributed by atoms with Crippen LogP contribution in [0.15, 0.2) is 11.4 Å². The van der Waals surface area contributed by atoms with Gasteiger partial charge in [0, 0.05) is 6.04 Å². The minimum atomic E-state index is -0.753. The van der Waals surface area contributed by atoms with Crippen LogP contribution in [0.2, 0.25) is 0 Å². The molecule has 0 spiro atoms. The van der Waals surface area contributed by atoms with Gasteiger partial charge in [-0.1, -0.05) is 6.92 Å². The fraction of sp³-hybridized carbons (Fsp3) is 0.538. The van der Waals surface area contributed by atoms with E-state index in [1.165, 1.54) is 11.3 Å². The molecule has 0 bridgehead atoms. The first-order valence-corrected chi connectivity index (χ1v) is 7.09. The van der Waals surface area contributed by atoms with Gasteiger partial charge in [0.25, 0.3) is 5.91 Å². The molecule has 0 radical (unpaired) electrons. The zero-order valence-electron chi connectivity index (χ0n) is 10.3. The van der Waals surface area contributed by atoms with Crippen molar-refractivity contribution >= 4 is 23.2 Å². The fourth-order valence-corrected chi connectivity index (χ4v) is 3.30. The van der Waals surface area contributed by atoms with Crippen molar-refractivity contribution in [3.8, 4) is 0 Å². The maximum absolute atomic E-state index is 12.1. The lowest BCUT2D eigenvalue weighted by molar-refractivity contribution is -0.141. The Labute approximate surface area is 110 Å². The Kier molecular flexibility index (Phi) is 4.01. The molecule has 1 saturated carbocycles. The van der Waals surface area contributed by atoms with Crippen LogP contribution in [-0.2, 0) is 11.2 Å². The van der Waals surface area contributed by atoms with Gasteiger partial charge in [0.15, 0.2) is 0 Å². The molecule has 5 heteroatoms. The molecule has 1 aromatic rings. The van der Waals surface area contributed by atoms with Gasteiger partial charge >= 0.3 is 5.97 Å². The quantitative estimate of drug-likeness (QED) is 0.879. The first kappa shape index (κ1) is 13.1. The molecule has 1 aliphatic rings. The molecule has 0 saturated heterocycles. The summed E-state index contributed by atoms with van der Waals surface area (Å²) < 4.78 is 0. The van der Waals surface area contributed by atoms with Crippen LogP contribution >= 0.6 is 11.3 Å². The maximum Gasteiger partial charge on any atom is 0.306 e. The molecule has 2 rings (SSSR count). The number of aryl methyl sites for hydroxylation is 1. The lowest BCUT2D eigenvalue weighted by atomic mass is 10.1. The summed E-state index contributed by atoms with van der Waals surface area (Å²) in [4.78, 5) is 23.7. The molecular formula is C13H17NO3S. The van der Waals surface area contributed by atoms with Gasteiger partial charge in [-0.2, -0.15) is 0 Å².